The van der Waals surface area contributed by atoms with Crippen molar-refractivity contribution in [1.29, 1.82) is 0 Å². The Labute approximate surface area is 76.7 Å². The number of halogens is 1. The van der Waals surface area contributed by atoms with Crippen LogP contribution in [-0.4, -0.2) is 8.75 Å². The monoisotopic (exact) mass is 228 g/mol. The van der Waals surface area contributed by atoms with Crippen molar-refractivity contribution < 1.29 is 0 Å². The Morgan fingerprint density at radius 1 is 1.27 bits per heavy atom. The minimum Gasteiger partial charge on any atom is -0.173 e. The number of hydrogen-bond acceptors (Lipinski definition) is 3. The summed E-state index contributed by atoms with van der Waals surface area (Å²) in [6.45, 7) is 2.04. The molecule has 0 fully saturated rings. The van der Waals surface area contributed by atoms with E-state index in [-0.39, 0.29) is 0 Å². The zero-order valence-corrected chi connectivity index (χ0v) is 8.24. The normalized spacial score (nSPS) is 10.7. The fourth-order valence-electron chi connectivity index (χ4n) is 0.910. The van der Waals surface area contributed by atoms with E-state index in [2.05, 4.69) is 24.7 Å². The van der Waals surface area contributed by atoms with E-state index in [0.717, 1.165) is 15.5 Å². The molecule has 0 aliphatic rings. The molecule has 0 radical (unpaired) electrons. The van der Waals surface area contributed by atoms with Crippen LogP contribution >= 0.6 is 27.7 Å². The number of benzene rings is 1. The molecule has 0 saturated heterocycles. The first-order valence-corrected chi connectivity index (χ1v) is 4.68. The summed E-state index contributed by atoms with van der Waals surface area (Å²) in [5, 5.41) is 0. The lowest BCUT2D eigenvalue weighted by Crippen LogP contribution is -1.75. The van der Waals surface area contributed by atoms with Crippen molar-refractivity contribution in [3.8, 4) is 0 Å². The Morgan fingerprint density at radius 3 is 2.64 bits per heavy atom. The van der Waals surface area contributed by atoms with Crippen LogP contribution in [0.5, 0.6) is 0 Å². The van der Waals surface area contributed by atoms with Crippen LogP contribution in [-0.2, 0) is 0 Å². The lowest BCUT2D eigenvalue weighted by atomic mass is 10.2. The summed E-state index contributed by atoms with van der Waals surface area (Å²) in [6, 6.07) is 4.02. The molecule has 2 rings (SSSR count). The second-order valence-corrected chi connectivity index (χ2v) is 3.74. The van der Waals surface area contributed by atoms with Gasteiger partial charge in [-0.2, -0.15) is 8.75 Å². The van der Waals surface area contributed by atoms with Gasteiger partial charge >= 0.3 is 0 Å². The Morgan fingerprint density at radius 2 is 1.91 bits per heavy atom. The van der Waals surface area contributed by atoms with Crippen LogP contribution in [0.25, 0.3) is 11.0 Å². The van der Waals surface area contributed by atoms with E-state index in [0.29, 0.717) is 0 Å². The molecule has 0 atom stereocenters. The van der Waals surface area contributed by atoms with Gasteiger partial charge in [-0.1, -0.05) is 15.9 Å². The summed E-state index contributed by atoms with van der Waals surface area (Å²) in [7, 11) is 0. The van der Waals surface area contributed by atoms with Gasteiger partial charge in [0.2, 0.25) is 0 Å². The van der Waals surface area contributed by atoms with E-state index in [1.54, 1.807) is 0 Å². The van der Waals surface area contributed by atoms with Gasteiger partial charge in [-0.05, 0) is 24.6 Å². The number of nitrogens with zero attached hydrogens (tertiary/aromatic N) is 2. The van der Waals surface area contributed by atoms with E-state index in [9.17, 15) is 0 Å². The minimum absolute atomic E-state index is 0.965. The van der Waals surface area contributed by atoms with Crippen molar-refractivity contribution in [2.24, 2.45) is 0 Å². The zero-order valence-electron chi connectivity index (χ0n) is 5.84. The van der Waals surface area contributed by atoms with Crippen molar-refractivity contribution in [3.05, 3.63) is 22.2 Å². The first kappa shape index (κ1) is 7.18. The Kier molecular flexibility index (Phi) is 1.65. The molecule has 2 nitrogen and oxygen atoms in total. The van der Waals surface area contributed by atoms with E-state index in [1.165, 1.54) is 17.3 Å². The Hall–Kier alpha value is -0.480. The highest BCUT2D eigenvalue weighted by Crippen LogP contribution is 2.21. The summed E-state index contributed by atoms with van der Waals surface area (Å²) in [5.74, 6) is 0. The topological polar surface area (TPSA) is 25.8 Å². The predicted octanol–water partition coefficient (Wildman–Crippen LogP) is 2.76. The highest BCUT2D eigenvalue weighted by Gasteiger charge is 2.00. The fourth-order valence-corrected chi connectivity index (χ4v) is 1.75. The van der Waals surface area contributed by atoms with Crippen molar-refractivity contribution in [2.75, 3.05) is 0 Å². The number of fused-ring (bicyclic) bond motifs is 1. The zero-order chi connectivity index (χ0) is 7.84. The van der Waals surface area contributed by atoms with E-state index < -0.39 is 0 Å². The van der Waals surface area contributed by atoms with Gasteiger partial charge in [0.05, 0.1) is 11.7 Å². The number of aryl methyl sites for hydroxylation is 1. The summed E-state index contributed by atoms with van der Waals surface area (Å²) in [6.07, 6.45) is 0. The van der Waals surface area contributed by atoms with Crippen molar-refractivity contribution in [3.63, 3.8) is 0 Å². The fraction of sp³-hybridized carbons (Fsp3) is 0.143. The first-order valence-electron chi connectivity index (χ1n) is 3.16. The second-order valence-electron chi connectivity index (χ2n) is 2.35. The summed E-state index contributed by atoms with van der Waals surface area (Å²) in [5.41, 5.74) is 3.15. The molecule has 0 N–H and O–H groups in total. The first-order chi connectivity index (χ1) is 5.27. The quantitative estimate of drug-likeness (QED) is 0.694. The lowest BCUT2D eigenvalue weighted by Gasteiger charge is -1.94. The third kappa shape index (κ3) is 1.16. The van der Waals surface area contributed by atoms with Gasteiger partial charge in [0.1, 0.15) is 11.0 Å². The predicted molar refractivity (Wildman–Crippen MR) is 49.9 cm³/mol. The molecule has 0 aliphatic heterocycles. The van der Waals surface area contributed by atoms with E-state index in [1.807, 2.05) is 19.1 Å². The van der Waals surface area contributed by atoms with Crippen LogP contribution in [0.1, 0.15) is 5.56 Å². The van der Waals surface area contributed by atoms with Crippen LogP contribution in [0.3, 0.4) is 0 Å². The molecule has 0 amide bonds. The number of hydrogen-bond donors (Lipinski definition) is 0. The molecule has 0 spiro atoms. The summed E-state index contributed by atoms with van der Waals surface area (Å²) >= 11 is 4.69. The second kappa shape index (κ2) is 2.53. The Balaban J connectivity index is 2.86. The van der Waals surface area contributed by atoms with Crippen LogP contribution in [0.2, 0.25) is 0 Å². The standard InChI is InChI=1S/C7H5BrN2S/c1-4-2-6-7(3-5(4)8)10-11-9-6/h2-3H,1H3. The largest absolute Gasteiger partial charge is 0.173 e. The van der Waals surface area contributed by atoms with Gasteiger partial charge in [-0.25, -0.2) is 0 Å². The third-order valence-corrected chi connectivity index (χ3v) is 2.95. The lowest BCUT2D eigenvalue weighted by molar-refractivity contribution is 1.44. The SMILES string of the molecule is Cc1cc2nsnc2cc1Br. The highest BCUT2D eigenvalue weighted by molar-refractivity contribution is 9.10. The maximum Gasteiger partial charge on any atom is 0.105 e. The third-order valence-electron chi connectivity index (χ3n) is 1.53. The van der Waals surface area contributed by atoms with Crippen LogP contribution in [0, 0.1) is 6.92 Å². The van der Waals surface area contributed by atoms with Crippen molar-refractivity contribution in [2.45, 2.75) is 6.92 Å². The molecule has 2 aromatic rings. The van der Waals surface area contributed by atoms with Gasteiger partial charge in [-0.3, -0.25) is 0 Å². The maximum atomic E-state index is 4.13. The van der Waals surface area contributed by atoms with Gasteiger partial charge < -0.3 is 0 Å². The minimum atomic E-state index is 0.965. The van der Waals surface area contributed by atoms with Crippen LogP contribution in [0.15, 0.2) is 16.6 Å². The van der Waals surface area contributed by atoms with E-state index >= 15 is 0 Å². The molecular formula is C7H5BrN2S. The van der Waals surface area contributed by atoms with Crippen molar-refractivity contribution in [1.82, 2.24) is 8.75 Å². The van der Waals surface area contributed by atoms with Gasteiger partial charge in [0, 0.05) is 4.47 Å². The molecule has 1 aromatic carbocycles. The number of aromatic nitrogens is 2. The average Bonchev–Trinajstić information content (AvgIpc) is 2.36. The maximum absolute atomic E-state index is 4.13. The average molecular weight is 229 g/mol. The van der Waals surface area contributed by atoms with Crippen LogP contribution in [0.4, 0.5) is 0 Å². The molecule has 56 valence electrons. The molecule has 0 unspecified atom stereocenters. The van der Waals surface area contributed by atoms with Gasteiger partial charge in [0.25, 0.3) is 0 Å². The molecular weight excluding hydrogens is 224 g/mol. The molecule has 4 heteroatoms. The van der Waals surface area contributed by atoms with Gasteiger partial charge in [-0.15, -0.1) is 0 Å². The highest BCUT2D eigenvalue weighted by atomic mass is 79.9. The molecule has 0 bridgehead atoms. The molecule has 1 aromatic heterocycles. The van der Waals surface area contributed by atoms with Crippen molar-refractivity contribution >= 4 is 38.7 Å². The van der Waals surface area contributed by atoms with Crippen LogP contribution < -0.4 is 0 Å². The summed E-state index contributed by atoms with van der Waals surface area (Å²) < 4.78 is 9.35. The Bertz CT molecular complexity index is 360. The van der Waals surface area contributed by atoms with E-state index in [4.69, 9.17) is 0 Å². The summed E-state index contributed by atoms with van der Waals surface area (Å²) in [4.78, 5) is 0. The molecule has 0 aliphatic carbocycles. The van der Waals surface area contributed by atoms with Gasteiger partial charge in [0.15, 0.2) is 0 Å². The molecule has 0 saturated carbocycles. The smallest absolute Gasteiger partial charge is 0.105 e. The molecule has 1 heterocycles. The molecule has 11 heavy (non-hydrogen) atoms. The number of rotatable bonds is 0.